The molecule has 184 valence electrons. The monoisotopic (exact) mass is 562 g/mol. The molecule has 0 radical (unpaired) electrons. The SMILES string of the molecule is CC1=CC2(C)[C@H]3C(=O)N(c4cc(Cl)cc(Cl)c4)C(=O)[C@@H]3C1[C@@H]1C(=O)N(c3cc(Cl)cc(Cl)c3)C(=O)[C@@H]12. The van der Waals surface area contributed by atoms with E-state index in [4.69, 9.17) is 46.4 Å². The molecule has 2 aromatic carbocycles. The van der Waals surface area contributed by atoms with E-state index in [1.54, 1.807) is 6.92 Å². The molecular formula is C26H18Cl4N2O4. The first-order chi connectivity index (χ1) is 16.9. The Morgan fingerprint density at radius 2 is 0.972 bits per heavy atom. The average molecular weight is 564 g/mol. The van der Waals surface area contributed by atoms with E-state index in [9.17, 15) is 19.2 Å². The van der Waals surface area contributed by atoms with Crippen molar-refractivity contribution in [1.82, 2.24) is 0 Å². The largest absolute Gasteiger partial charge is 0.274 e. The molecule has 36 heavy (non-hydrogen) atoms. The second-order valence-electron chi connectivity index (χ2n) is 10.1. The molecule has 0 N–H and O–H groups in total. The Labute approximate surface area is 226 Å². The predicted octanol–water partition coefficient (Wildman–Crippen LogP) is 5.81. The van der Waals surface area contributed by atoms with Gasteiger partial charge in [-0.15, -0.1) is 0 Å². The Balaban J connectivity index is 1.48. The van der Waals surface area contributed by atoms with E-state index in [2.05, 4.69) is 0 Å². The Morgan fingerprint density at radius 3 is 1.33 bits per heavy atom. The van der Waals surface area contributed by atoms with E-state index >= 15 is 0 Å². The minimum atomic E-state index is -1.05. The van der Waals surface area contributed by atoms with Crippen LogP contribution in [0, 0.1) is 35.0 Å². The van der Waals surface area contributed by atoms with E-state index in [0.717, 1.165) is 15.4 Å². The highest BCUT2D eigenvalue weighted by molar-refractivity contribution is 6.37. The fourth-order valence-corrected chi connectivity index (χ4v) is 8.04. The minimum Gasteiger partial charge on any atom is -0.274 e. The summed E-state index contributed by atoms with van der Waals surface area (Å²) >= 11 is 24.6. The summed E-state index contributed by atoms with van der Waals surface area (Å²) < 4.78 is 0. The van der Waals surface area contributed by atoms with Crippen LogP contribution in [-0.2, 0) is 19.2 Å². The second kappa shape index (κ2) is 7.81. The highest BCUT2D eigenvalue weighted by Gasteiger charge is 2.74. The Hall–Kier alpha value is -2.38. The molecule has 2 saturated heterocycles. The van der Waals surface area contributed by atoms with E-state index in [1.807, 2.05) is 13.0 Å². The Bertz CT molecular complexity index is 1320. The van der Waals surface area contributed by atoms with Gasteiger partial charge in [0.15, 0.2) is 0 Å². The molecule has 6 nitrogen and oxygen atoms in total. The number of amides is 4. The number of nitrogens with zero attached hydrogens (tertiary/aromatic N) is 2. The van der Waals surface area contributed by atoms with Crippen molar-refractivity contribution < 1.29 is 19.2 Å². The van der Waals surface area contributed by atoms with Gasteiger partial charge in [-0.05, 0) is 43.3 Å². The Morgan fingerprint density at radius 1 is 0.611 bits per heavy atom. The maximum Gasteiger partial charge on any atom is 0.238 e. The normalized spacial score (nSPS) is 32.8. The molecule has 2 aliphatic heterocycles. The van der Waals surface area contributed by atoms with Gasteiger partial charge in [0.05, 0.1) is 35.0 Å². The highest BCUT2D eigenvalue weighted by Crippen LogP contribution is 2.66. The summed E-state index contributed by atoms with van der Waals surface area (Å²) in [6.07, 6.45) is 1.90. The van der Waals surface area contributed by atoms with Crippen molar-refractivity contribution in [3.8, 4) is 0 Å². The maximum absolute atomic E-state index is 13.8. The van der Waals surface area contributed by atoms with Crippen LogP contribution in [0.1, 0.15) is 13.8 Å². The maximum atomic E-state index is 13.8. The zero-order chi connectivity index (χ0) is 25.8. The van der Waals surface area contributed by atoms with Crippen LogP contribution >= 0.6 is 46.4 Å². The van der Waals surface area contributed by atoms with Crippen molar-refractivity contribution in [3.63, 3.8) is 0 Å². The molecule has 2 heterocycles. The predicted molar refractivity (Wildman–Crippen MR) is 137 cm³/mol. The van der Waals surface area contributed by atoms with Crippen LogP contribution in [0.2, 0.25) is 20.1 Å². The van der Waals surface area contributed by atoms with E-state index in [0.29, 0.717) is 0 Å². The number of hydrogen-bond donors (Lipinski definition) is 0. The van der Waals surface area contributed by atoms with Crippen molar-refractivity contribution in [2.24, 2.45) is 35.0 Å². The van der Waals surface area contributed by atoms with Crippen molar-refractivity contribution in [2.45, 2.75) is 13.8 Å². The van der Waals surface area contributed by atoms with Crippen molar-refractivity contribution in [3.05, 3.63) is 68.1 Å². The Kier molecular flexibility index (Phi) is 5.20. The van der Waals surface area contributed by atoms with Crippen LogP contribution < -0.4 is 9.80 Å². The van der Waals surface area contributed by atoms with Crippen LogP contribution in [-0.4, -0.2) is 23.6 Å². The summed E-state index contributed by atoms with van der Waals surface area (Å²) in [5.41, 5.74) is 0.312. The van der Waals surface area contributed by atoms with Crippen molar-refractivity contribution >= 4 is 81.4 Å². The van der Waals surface area contributed by atoms with Gasteiger partial charge in [0.2, 0.25) is 23.6 Å². The second-order valence-corrected chi connectivity index (χ2v) is 11.8. The smallest absolute Gasteiger partial charge is 0.238 e. The number of carbonyl (C=O) groups is 4. The van der Waals surface area contributed by atoms with Gasteiger partial charge in [-0.25, -0.2) is 9.80 Å². The summed E-state index contributed by atoms with van der Waals surface area (Å²) in [7, 11) is 0. The summed E-state index contributed by atoms with van der Waals surface area (Å²) in [5, 5.41) is 1.15. The van der Waals surface area contributed by atoms with Gasteiger partial charge in [0.1, 0.15) is 0 Å². The van der Waals surface area contributed by atoms with Gasteiger partial charge >= 0.3 is 0 Å². The van der Waals surface area contributed by atoms with Crippen molar-refractivity contribution in [2.75, 3.05) is 9.80 Å². The van der Waals surface area contributed by atoms with Crippen molar-refractivity contribution in [1.29, 1.82) is 0 Å². The number of allylic oxidation sites excluding steroid dienone is 2. The number of carbonyl (C=O) groups excluding carboxylic acids is 4. The zero-order valence-electron chi connectivity index (χ0n) is 19.0. The lowest BCUT2D eigenvalue weighted by atomic mass is 9.46. The highest BCUT2D eigenvalue weighted by atomic mass is 35.5. The number of rotatable bonds is 2. The summed E-state index contributed by atoms with van der Waals surface area (Å²) in [6.45, 7) is 3.64. The number of anilines is 2. The lowest BCUT2D eigenvalue weighted by Crippen LogP contribution is -2.57. The van der Waals surface area contributed by atoms with E-state index in [1.165, 1.54) is 36.4 Å². The van der Waals surface area contributed by atoms with Gasteiger partial charge in [0.25, 0.3) is 0 Å². The molecule has 0 aromatic heterocycles. The number of imide groups is 2. The topological polar surface area (TPSA) is 74.8 Å². The lowest BCUT2D eigenvalue weighted by molar-refractivity contribution is -0.146. The summed E-state index contributed by atoms with van der Waals surface area (Å²) in [4.78, 5) is 57.5. The van der Waals surface area contributed by atoms with Gasteiger partial charge < -0.3 is 0 Å². The quantitative estimate of drug-likeness (QED) is 0.341. The minimum absolute atomic E-state index is 0.274. The molecule has 0 spiro atoms. The molecule has 2 bridgehead atoms. The molecule has 10 heteroatoms. The van der Waals surface area contributed by atoms with Gasteiger partial charge in [0, 0.05) is 31.4 Å². The molecule has 3 aliphatic carbocycles. The van der Waals surface area contributed by atoms with Crippen LogP contribution in [0.4, 0.5) is 11.4 Å². The van der Waals surface area contributed by atoms with E-state index < -0.39 is 58.6 Å². The standard InChI is InChI=1S/C26H18Cl4N2O4/c1-10-9-26(2)20-18(22(33)31(24(20)35)15-5-11(27)3-12(28)6-15)17(10)19-21(26)25(36)32(23(19)34)16-7-13(29)4-14(30)8-16/h3-9,17-21H,1-2H3/t17?,18-,19+,20-,21-,26?/m1/s1. The molecule has 6 atom stereocenters. The molecule has 1 saturated carbocycles. The molecule has 4 amide bonds. The fraction of sp³-hybridized carbons (Fsp3) is 0.308. The third-order valence-corrected chi connectivity index (χ3v) is 8.96. The molecular weight excluding hydrogens is 546 g/mol. The molecule has 5 aliphatic rings. The first kappa shape index (κ1) is 24.0. The van der Waals surface area contributed by atoms with Crippen LogP contribution in [0.25, 0.3) is 0 Å². The van der Waals surface area contributed by atoms with Gasteiger partial charge in [-0.2, -0.15) is 0 Å². The molecule has 2 aromatic rings. The number of hydrogen-bond acceptors (Lipinski definition) is 4. The third kappa shape index (κ3) is 3.05. The summed E-state index contributed by atoms with van der Waals surface area (Å²) in [5.74, 6) is -5.49. The molecule has 7 rings (SSSR count). The number of benzene rings is 2. The first-order valence-electron chi connectivity index (χ1n) is 11.3. The molecule has 2 unspecified atom stereocenters. The van der Waals surface area contributed by atoms with Gasteiger partial charge in [-0.3, -0.25) is 19.2 Å². The fourth-order valence-electron chi connectivity index (χ4n) is 7.01. The average Bonchev–Trinajstić information content (AvgIpc) is 3.18. The van der Waals surface area contributed by atoms with Crippen LogP contribution in [0.5, 0.6) is 0 Å². The molecule has 3 fully saturated rings. The lowest BCUT2D eigenvalue weighted by Gasteiger charge is -2.53. The summed E-state index contributed by atoms with van der Waals surface area (Å²) in [6, 6.07) is 9.05. The van der Waals surface area contributed by atoms with Gasteiger partial charge in [-0.1, -0.05) is 65.0 Å². The zero-order valence-corrected chi connectivity index (χ0v) is 22.0. The van der Waals surface area contributed by atoms with Crippen LogP contribution in [0.3, 0.4) is 0 Å². The first-order valence-corrected chi connectivity index (χ1v) is 12.8. The van der Waals surface area contributed by atoms with E-state index in [-0.39, 0.29) is 31.5 Å². The van der Waals surface area contributed by atoms with Crippen LogP contribution in [0.15, 0.2) is 48.0 Å². The third-order valence-electron chi connectivity index (χ3n) is 8.09. The number of halogens is 4.